The summed E-state index contributed by atoms with van der Waals surface area (Å²) in [5.41, 5.74) is 1.01. The average molecular weight is 318 g/mol. The van der Waals surface area contributed by atoms with Gasteiger partial charge in [-0.25, -0.2) is 4.89 Å². The molecule has 0 saturated carbocycles. The fourth-order valence-electron chi connectivity index (χ4n) is 2.01. The number of hydrogen-bond acceptors (Lipinski definition) is 4. The molecular formula is C17H23AlO4. The second kappa shape index (κ2) is 9.50. The smallest absolute Gasteiger partial charge is 0.187 e. The van der Waals surface area contributed by atoms with Crippen LogP contribution in [0.25, 0.3) is 0 Å². The molecule has 0 heterocycles. The van der Waals surface area contributed by atoms with E-state index in [4.69, 9.17) is 14.7 Å². The van der Waals surface area contributed by atoms with Crippen LogP contribution in [0, 0.1) is 0 Å². The fraction of sp³-hybridized carbons (Fsp3) is 0.294. The highest BCUT2D eigenvalue weighted by molar-refractivity contribution is 5.75. The largest absolute Gasteiger partial charge is 0.490 e. The maximum Gasteiger partial charge on any atom is 0.187 e. The maximum absolute atomic E-state index is 8.59. The molecule has 4 nitrogen and oxygen atoms in total. The minimum absolute atomic E-state index is 0. The van der Waals surface area contributed by atoms with Crippen LogP contribution in [-0.4, -0.2) is 35.8 Å². The molecule has 0 bridgehead atoms. The van der Waals surface area contributed by atoms with E-state index in [2.05, 4.69) is 4.89 Å². The molecule has 2 aromatic rings. The van der Waals surface area contributed by atoms with Gasteiger partial charge in [-0.3, -0.25) is 5.26 Å². The van der Waals surface area contributed by atoms with Crippen molar-refractivity contribution in [1.29, 1.82) is 0 Å². The molecular weight excluding hydrogens is 295 g/mol. The van der Waals surface area contributed by atoms with Crippen LogP contribution in [0.1, 0.15) is 25.3 Å². The van der Waals surface area contributed by atoms with E-state index in [0.717, 1.165) is 11.3 Å². The third kappa shape index (κ3) is 5.04. The monoisotopic (exact) mass is 318 g/mol. The summed E-state index contributed by atoms with van der Waals surface area (Å²) in [5, 5.41) is 8.59. The summed E-state index contributed by atoms with van der Waals surface area (Å²) in [7, 11) is 0. The molecule has 0 spiro atoms. The molecule has 22 heavy (non-hydrogen) atoms. The van der Waals surface area contributed by atoms with Gasteiger partial charge in [0.1, 0.15) is 5.75 Å². The Bertz CT molecular complexity index is 560. The molecule has 0 aliphatic carbocycles. The number of benzene rings is 2. The standard InChI is InChI=1S/C17H20O4.Al.3H/c1-3-19-16-10-9-14(13(2)12-20-18)11-17(16)21-15-7-5-4-6-8-15;;;;/h4-11,13,18H,3,12H2,1-2H3;;;;. The minimum atomic E-state index is 0. The van der Waals surface area contributed by atoms with Crippen molar-refractivity contribution in [3.8, 4) is 17.2 Å². The Kier molecular flexibility index (Phi) is 8.00. The van der Waals surface area contributed by atoms with E-state index >= 15 is 0 Å². The third-order valence-corrected chi connectivity index (χ3v) is 3.13. The number of ether oxygens (including phenoxy) is 2. The zero-order chi connectivity index (χ0) is 15.1. The highest BCUT2D eigenvalue weighted by Crippen LogP contribution is 2.34. The van der Waals surface area contributed by atoms with Gasteiger partial charge in [-0.15, -0.1) is 0 Å². The molecule has 2 rings (SSSR count). The molecule has 1 atom stereocenters. The van der Waals surface area contributed by atoms with Crippen LogP contribution in [0.4, 0.5) is 0 Å². The predicted molar refractivity (Wildman–Crippen MR) is 91.1 cm³/mol. The summed E-state index contributed by atoms with van der Waals surface area (Å²) >= 11 is 0. The second-order valence-corrected chi connectivity index (χ2v) is 4.75. The third-order valence-electron chi connectivity index (χ3n) is 3.13. The molecule has 0 aromatic heterocycles. The van der Waals surface area contributed by atoms with Gasteiger partial charge in [-0.05, 0) is 36.8 Å². The van der Waals surface area contributed by atoms with Crippen LogP contribution in [0.2, 0.25) is 0 Å². The Morgan fingerprint density at radius 3 is 2.41 bits per heavy atom. The summed E-state index contributed by atoms with van der Waals surface area (Å²) in [6.07, 6.45) is 0. The van der Waals surface area contributed by atoms with Crippen molar-refractivity contribution in [2.75, 3.05) is 13.2 Å². The van der Waals surface area contributed by atoms with Gasteiger partial charge < -0.3 is 9.47 Å². The summed E-state index contributed by atoms with van der Waals surface area (Å²) in [5.74, 6) is 2.16. The maximum atomic E-state index is 8.59. The van der Waals surface area contributed by atoms with E-state index in [1.807, 2.05) is 62.4 Å². The first-order valence-electron chi connectivity index (χ1n) is 7.00. The molecule has 2 aromatic carbocycles. The van der Waals surface area contributed by atoms with E-state index in [-0.39, 0.29) is 29.9 Å². The predicted octanol–water partition coefficient (Wildman–Crippen LogP) is 3.29. The second-order valence-electron chi connectivity index (χ2n) is 4.75. The first kappa shape index (κ1) is 18.5. The van der Waals surface area contributed by atoms with Gasteiger partial charge in [0.05, 0.1) is 13.2 Å². The first-order valence-corrected chi connectivity index (χ1v) is 7.00. The summed E-state index contributed by atoms with van der Waals surface area (Å²) < 4.78 is 11.5. The van der Waals surface area contributed by atoms with Gasteiger partial charge in [0.25, 0.3) is 0 Å². The summed E-state index contributed by atoms with van der Waals surface area (Å²) in [4.78, 5) is 4.22. The Hall–Kier alpha value is -1.51. The highest BCUT2D eigenvalue weighted by atomic mass is 27.0. The van der Waals surface area contributed by atoms with Gasteiger partial charge in [0.15, 0.2) is 28.9 Å². The van der Waals surface area contributed by atoms with Crippen molar-refractivity contribution < 1.29 is 19.6 Å². The molecule has 0 fully saturated rings. The van der Waals surface area contributed by atoms with Gasteiger partial charge >= 0.3 is 0 Å². The number of rotatable bonds is 7. The molecule has 1 unspecified atom stereocenters. The topological polar surface area (TPSA) is 47.9 Å². The molecule has 0 radical (unpaired) electrons. The molecule has 118 valence electrons. The van der Waals surface area contributed by atoms with Crippen LogP contribution in [0.15, 0.2) is 48.5 Å². The molecule has 0 saturated heterocycles. The zero-order valence-corrected chi connectivity index (χ0v) is 12.3. The molecule has 1 N–H and O–H groups in total. The number of hydrogen-bond donors (Lipinski definition) is 1. The van der Waals surface area contributed by atoms with Gasteiger partial charge in [0.2, 0.25) is 0 Å². The Labute approximate surface area is 141 Å². The lowest BCUT2D eigenvalue weighted by Gasteiger charge is -2.15. The Morgan fingerprint density at radius 2 is 1.77 bits per heavy atom. The van der Waals surface area contributed by atoms with E-state index in [9.17, 15) is 0 Å². The fourth-order valence-corrected chi connectivity index (χ4v) is 2.01. The van der Waals surface area contributed by atoms with Crippen molar-refractivity contribution in [3.63, 3.8) is 0 Å². The van der Waals surface area contributed by atoms with Crippen molar-refractivity contribution in [1.82, 2.24) is 0 Å². The SMILES string of the molecule is CCOc1ccc(C(C)COO)cc1Oc1ccccc1.[AlH3]. The summed E-state index contributed by atoms with van der Waals surface area (Å²) in [6, 6.07) is 15.3. The van der Waals surface area contributed by atoms with Crippen molar-refractivity contribution in [2.45, 2.75) is 19.8 Å². The lowest BCUT2D eigenvalue weighted by Crippen LogP contribution is -2.03. The van der Waals surface area contributed by atoms with E-state index in [1.165, 1.54) is 0 Å². The van der Waals surface area contributed by atoms with Crippen molar-refractivity contribution in [3.05, 3.63) is 54.1 Å². The van der Waals surface area contributed by atoms with Crippen LogP contribution < -0.4 is 9.47 Å². The van der Waals surface area contributed by atoms with Gasteiger partial charge in [0, 0.05) is 5.92 Å². The quantitative estimate of drug-likeness (QED) is 0.483. The van der Waals surface area contributed by atoms with E-state index < -0.39 is 0 Å². The van der Waals surface area contributed by atoms with Crippen LogP contribution in [0.5, 0.6) is 17.2 Å². The lowest BCUT2D eigenvalue weighted by molar-refractivity contribution is -0.245. The Morgan fingerprint density at radius 1 is 1.05 bits per heavy atom. The minimum Gasteiger partial charge on any atom is -0.490 e. The Balaban J connectivity index is 0.00000242. The van der Waals surface area contributed by atoms with Crippen molar-refractivity contribution >= 4 is 17.4 Å². The normalized spacial score (nSPS) is 11.4. The van der Waals surface area contributed by atoms with Crippen LogP contribution in [0.3, 0.4) is 0 Å². The first-order chi connectivity index (χ1) is 10.2. The van der Waals surface area contributed by atoms with E-state index in [1.54, 1.807) is 0 Å². The van der Waals surface area contributed by atoms with Crippen molar-refractivity contribution in [2.24, 2.45) is 0 Å². The van der Waals surface area contributed by atoms with Gasteiger partial charge in [-0.1, -0.05) is 31.2 Å². The zero-order valence-electron chi connectivity index (χ0n) is 12.3. The molecule has 0 amide bonds. The summed E-state index contributed by atoms with van der Waals surface area (Å²) in [6.45, 7) is 4.71. The lowest BCUT2D eigenvalue weighted by atomic mass is 10.0. The molecule has 0 aliphatic heterocycles. The highest BCUT2D eigenvalue weighted by Gasteiger charge is 2.12. The molecule has 5 heteroatoms. The van der Waals surface area contributed by atoms with Crippen LogP contribution >= 0.6 is 0 Å². The van der Waals surface area contributed by atoms with Gasteiger partial charge in [-0.2, -0.15) is 0 Å². The molecule has 0 aliphatic rings. The van der Waals surface area contributed by atoms with E-state index in [0.29, 0.717) is 18.1 Å². The van der Waals surface area contributed by atoms with Crippen LogP contribution in [-0.2, 0) is 4.89 Å². The number of para-hydroxylation sites is 1. The average Bonchev–Trinajstić information content (AvgIpc) is 2.50.